The van der Waals surface area contributed by atoms with Gasteiger partial charge in [-0.25, -0.2) is 4.39 Å². The van der Waals surface area contributed by atoms with Gasteiger partial charge in [0.25, 0.3) is 0 Å². The van der Waals surface area contributed by atoms with E-state index in [0.717, 1.165) is 29.0 Å². The molecule has 0 aliphatic rings. The Morgan fingerprint density at radius 3 is 2.56 bits per heavy atom. The second-order valence-electron chi connectivity index (χ2n) is 5.83. The van der Waals surface area contributed by atoms with Crippen LogP contribution in [0.5, 0.6) is 0 Å². The average molecular weight is 337 g/mol. The molecular weight excluding hydrogens is 317 g/mol. The molecule has 3 aromatic rings. The lowest BCUT2D eigenvalue weighted by molar-refractivity contribution is -0.116. The van der Waals surface area contributed by atoms with Crippen molar-refractivity contribution >= 4 is 11.6 Å². The summed E-state index contributed by atoms with van der Waals surface area (Å²) in [5.74, 6) is 1.09. The molecule has 0 saturated heterocycles. The zero-order valence-electron chi connectivity index (χ0n) is 14.1. The van der Waals surface area contributed by atoms with Crippen LogP contribution in [-0.2, 0) is 17.6 Å². The van der Waals surface area contributed by atoms with Crippen LogP contribution in [-0.4, -0.2) is 5.91 Å². The van der Waals surface area contributed by atoms with E-state index in [4.69, 9.17) is 4.42 Å². The molecule has 0 aliphatic carbocycles. The molecule has 0 unspecified atom stereocenters. The first-order valence-corrected chi connectivity index (χ1v) is 8.38. The third-order valence-electron chi connectivity index (χ3n) is 4.06. The molecule has 1 aromatic heterocycles. The van der Waals surface area contributed by atoms with E-state index in [1.54, 1.807) is 12.1 Å². The summed E-state index contributed by atoms with van der Waals surface area (Å²) in [7, 11) is 0. The molecule has 0 saturated carbocycles. The van der Waals surface area contributed by atoms with Crippen molar-refractivity contribution in [3.8, 4) is 11.3 Å². The first-order chi connectivity index (χ1) is 12.2. The lowest BCUT2D eigenvalue weighted by Gasteiger charge is -2.09. The zero-order valence-corrected chi connectivity index (χ0v) is 14.1. The van der Waals surface area contributed by atoms with Crippen LogP contribution >= 0.6 is 0 Å². The molecule has 4 heteroatoms. The predicted molar refractivity (Wildman–Crippen MR) is 96.9 cm³/mol. The number of halogens is 1. The van der Waals surface area contributed by atoms with Crippen molar-refractivity contribution in [3.63, 3.8) is 0 Å². The number of amides is 1. The molecule has 1 N–H and O–H groups in total. The van der Waals surface area contributed by atoms with Gasteiger partial charge in [0.1, 0.15) is 17.3 Å². The standard InChI is InChI=1S/C21H20FNO2/c1-2-15-5-3-4-6-19(15)23-21(24)14-12-18-11-13-20(25-18)16-7-9-17(22)10-8-16/h3-11,13H,2,12,14H2,1H3,(H,23,24). The summed E-state index contributed by atoms with van der Waals surface area (Å²) in [5, 5.41) is 2.95. The molecular formula is C21H20FNO2. The number of rotatable bonds is 6. The minimum absolute atomic E-state index is 0.0411. The molecule has 3 nitrogen and oxygen atoms in total. The molecule has 0 aliphatic heterocycles. The summed E-state index contributed by atoms with van der Waals surface area (Å²) in [6.45, 7) is 2.06. The third kappa shape index (κ3) is 4.35. The molecule has 1 heterocycles. The SMILES string of the molecule is CCc1ccccc1NC(=O)CCc1ccc(-c2ccc(F)cc2)o1. The topological polar surface area (TPSA) is 42.2 Å². The van der Waals surface area contributed by atoms with Gasteiger partial charge in [0.15, 0.2) is 0 Å². The highest BCUT2D eigenvalue weighted by Crippen LogP contribution is 2.23. The predicted octanol–water partition coefficient (Wildman–Crippen LogP) is 5.22. The van der Waals surface area contributed by atoms with Gasteiger partial charge in [-0.2, -0.15) is 0 Å². The second kappa shape index (κ2) is 7.79. The maximum Gasteiger partial charge on any atom is 0.224 e. The zero-order chi connectivity index (χ0) is 17.6. The van der Waals surface area contributed by atoms with E-state index in [2.05, 4.69) is 12.2 Å². The van der Waals surface area contributed by atoms with Crippen LogP contribution in [0.2, 0.25) is 0 Å². The van der Waals surface area contributed by atoms with Gasteiger partial charge in [-0.3, -0.25) is 4.79 Å². The minimum atomic E-state index is -0.278. The Balaban J connectivity index is 1.58. The number of carbonyl (C=O) groups is 1. The Labute approximate surface area is 146 Å². The smallest absolute Gasteiger partial charge is 0.224 e. The van der Waals surface area contributed by atoms with Crippen LogP contribution in [0, 0.1) is 5.82 Å². The van der Waals surface area contributed by atoms with Crippen molar-refractivity contribution in [1.29, 1.82) is 0 Å². The molecule has 1 amide bonds. The Morgan fingerprint density at radius 1 is 1.04 bits per heavy atom. The highest BCUT2D eigenvalue weighted by molar-refractivity contribution is 5.91. The Bertz CT molecular complexity index is 852. The number of para-hydroxylation sites is 1. The summed E-state index contributed by atoms with van der Waals surface area (Å²) in [5.41, 5.74) is 2.79. The van der Waals surface area contributed by atoms with Crippen LogP contribution < -0.4 is 5.32 Å². The highest BCUT2D eigenvalue weighted by Gasteiger charge is 2.09. The summed E-state index contributed by atoms with van der Waals surface area (Å²) < 4.78 is 18.7. The molecule has 0 spiro atoms. The van der Waals surface area contributed by atoms with Crippen LogP contribution in [0.3, 0.4) is 0 Å². The lowest BCUT2D eigenvalue weighted by atomic mass is 10.1. The Kier molecular flexibility index (Phi) is 5.29. The van der Waals surface area contributed by atoms with E-state index in [9.17, 15) is 9.18 Å². The monoisotopic (exact) mass is 337 g/mol. The van der Waals surface area contributed by atoms with Gasteiger partial charge >= 0.3 is 0 Å². The summed E-state index contributed by atoms with van der Waals surface area (Å²) in [6, 6.07) is 17.6. The summed E-state index contributed by atoms with van der Waals surface area (Å²) in [6.07, 6.45) is 1.73. The molecule has 0 fully saturated rings. The number of hydrogen-bond acceptors (Lipinski definition) is 2. The molecule has 2 aromatic carbocycles. The van der Waals surface area contributed by atoms with Crippen molar-refractivity contribution in [1.82, 2.24) is 0 Å². The van der Waals surface area contributed by atoms with E-state index < -0.39 is 0 Å². The van der Waals surface area contributed by atoms with Crippen LogP contribution in [0.4, 0.5) is 10.1 Å². The summed E-state index contributed by atoms with van der Waals surface area (Å²) in [4.78, 5) is 12.2. The largest absolute Gasteiger partial charge is 0.461 e. The van der Waals surface area contributed by atoms with Gasteiger partial charge in [-0.05, 0) is 54.4 Å². The number of aryl methyl sites for hydroxylation is 2. The Morgan fingerprint density at radius 2 is 1.80 bits per heavy atom. The van der Waals surface area contributed by atoms with E-state index >= 15 is 0 Å². The minimum Gasteiger partial charge on any atom is -0.461 e. The molecule has 0 bridgehead atoms. The number of anilines is 1. The third-order valence-corrected chi connectivity index (χ3v) is 4.06. The van der Waals surface area contributed by atoms with E-state index in [0.29, 0.717) is 18.6 Å². The van der Waals surface area contributed by atoms with Crippen LogP contribution in [0.1, 0.15) is 24.7 Å². The van der Waals surface area contributed by atoms with Gasteiger partial charge in [0.2, 0.25) is 5.91 Å². The van der Waals surface area contributed by atoms with Gasteiger partial charge in [0, 0.05) is 24.1 Å². The number of hydrogen-bond donors (Lipinski definition) is 1. The van der Waals surface area contributed by atoms with Crippen molar-refractivity contribution in [3.05, 3.63) is 77.8 Å². The normalized spacial score (nSPS) is 10.6. The maximum atomic E-state index is 13.0. The molecule has 0 radical (unpaired) electrons. The fourth-order valence-electron chi connectivity index (χ4n) is 2.68. The fraction of sp³-hybridized carbons (Fsp3) is 0.190. The second-order valence-corrected chi connectivity index (χ2v) is 5.83. The maximum absolute atomic E-state index is 13.0. The number of furan rings is 1. The van der Waals surface area contributed by atoms with E-state index in [1.807, 2.05) is 36.4 Å². The van der Waals surface area contributed by atoms with Gasteiger partial charge in [0.05, 0.1) is 0 Å². The number of benzene rings is 2. The summed E-state index contributed by atoms with van der Waals surface area (Å²) >= 11 is 0. The fourth-order valence-corrected chi connectivity index (χ4v) is 2.68. The van der Waals surface area contributed by atoms with Gasteiger partial charge in [-0.1, -0.05) is 25.1 Å². The molecule has 25 heavy (non-hydrogen) atoms. The number of nitrogens with one attached hydrogen (secondary N) is 1. The van der Waals surface area contributed by atoms with Crippen LogP contribution in [0.15, 0.2) is 65.1 Å². The first-order valence-electron chi connectivity index (χ1n) is 8.38. The van der Waals surface area contributed by atoms with E-state index in [-0.39, 0.29) is 11.7 Å². The van der Waals surface area contributed by atoms with Crippen molar-refractivity contribution < 1.29 is 13.6 Å². The lowest BCUT2D eigenvalue weighted by Crippen LogP contribution is -2.13. The highest BCUT2D eigenvalue weighted by atomic mass is 19.1. The van der Waals surface area contributed by atoms with E-state index in [1.165, 1.54) is 12.1 Å². The number of carbonyl (C=O) groups excluding carboxylic acids is 1. The molecule has 3 rings (SSSR count). The first kappa shape index (κ1) is 17.0. The average Bonchev–Trinajstić information content (AvgIpc) is 3.10. The molecule has 128 valence electrons. The Hall–Kier alpha value is -2.88. The van der Waals surface area contributed by atoms with Crippen molar-refractivity contribution in [2.75, 3.05) is 5.32 Å². The molecule has 0 atom stereocenters. The van der Waals surface area contributed by atoms with Gasteiger partial charge in [-0.15, -0.1) is 0 Å². The van der Waals surface area contributed by atoms with Crippen molar-refractivity contribution in [2.45, 2.75) is 26.2 Å². The quantitative estimate of drug-likeness (QED) is 0.670. The van der Waals surface area contributed by atoms with Crippen LogP contribution in [0.25, 0.3) is 11.3 Å². The van der Waals surface area contributed by atoms with Crippen molar-refractivity contribution in [2.24, 2.45) is 0 Å². The van der Waals surface area contributed by atoms with Gasteiger partial charge < -0.3 is 9.73 Å².